The van der Waals surface area contributed by atoms with Gasteiger partial charge in [-0.25, -0.2) is 0 Å². The van der Waals surface area contributed by atoms with E-state index in [1.807, 2.05) is 30.3 Å². The second kappa shape index (κ2) is 6.09. The van der Waals surface area contributed by atoms with Crippen LogP contribution in [-0.4, -0.2) is 6.18 Å². The van der Waals surface area contributed by atoms with Gasteiger partial charge in [0.2, 0.25) is 0 Å². The molecule has 2 aromatic rings. The summed E-state index contributed by atoms with van der Waals surface area (Å²) in [6.07, 6.45) is -4.33. The van der Waals surface area contributed by atoms with E-state index in [0.29, 0.717) is 0 Å². The summed E-state index contributed by atoms with van der Waals surface area (Å²) in [5, 5.41) is 2.66. The summed E-state index contributed by atoms with van der Waals surface area (Å²) in [6, 6.07) is 15.0. The molecule has 2 rings (SSSR count). The monoisotopic (exact) mass is 279 g/mol. The highest BCUT2D eigenvalue weighted by atomic mass is 19.4. The maximum Gasteiger partial charge on any atom is 0.407 e. The molecule has 20 heavy (non-hydrogen) atoms. The van der Waals surface area contributed by atoms with Gasteiger partial charge in [0.05, 0.1) is 0 Å². The molecule has 4 heteroatoms. The van der Waals surface area contributed by atoms with Gasteiger partial charge in [0.1, 0.15) is 6.04 Å². The third-order valence-electron chi connectivity index (χ3n) is 3.18. The first-order valence-corrected chi connectivity index (χ1v) is 6.41. The van der Waals surface area contributed by atoms with Gasteiger partial charge in [-0.3, -0.25) is 5.32 Å². The predicted molar refractivity (Wildman–Crippen MR) is 73.2 cm³/mol. The molecule has 1 N–H and O–H groups in total. The Kier molecular flexibility index (Phi) is 4.45. The van der Waals surface area contributed by atoms with Crippen LogP contribution in [0.25, 0.3) is 0 Å². The standard InChI is InChI=1S/C16H16F3N/c1-12(13-8-4-2-5-9-13)20-15(16(17,18)19)14-10-6-3-7-11-14/h2-12,15,20H,1H3/t12-,15+/m0/s1. The average molecular weight is 279 g/mol. The minimum atomic E-state index is -4.33. The van der Waals surface area contributed by atoms with Gasteiger partial charge in [-0.05, 0) is 18.1 Å². The van der Waals surface area contributed by atoms with Crippen molar-refractivity contribution in [3.8, 4) is 0 Å². The van der Waals surface area contributed by atoms with Gasteiger partial charge in [0, 0.05) is 6.04 Å². The van der Waals surface area contributed by atoms with Crippen LogP contribution in [0.3, 0.4) is 0 Å². The molecule has 0 heterocycles. The first-order chi connectivity index (χ1) is 9.48. The number of nitrogens with one attached hydrogen (secondary N) is 1. The molecule has 0 amide bonds. The van der Waals surface area contributed by atoms with Crippen molar-refractivity contribution in [2.24, 2.45) is 0 Å². The van der Waals surface area contributed by atoms with E-state index in [4.69, 9.17) is 0 Å². The lowest BCUT2D eigenvalue weighted by molar-refractivity contribution is -0.159. The Balaban J connectivity index is 2.22. The van der Waals surface area contributed by atoms with Crippen LogP contribution in [0.1, 0.15) is 30.1 Å². The Hall–Kier alpha value is -1.81. The zero-order valence-corrected chi connectivity index (χ0v) is 11.1. The van der Waals surface area contributed by atoms with Crippen molar-refractivity contribution >= 4 is 0 Å². The second-order valence-corrected chi connectivity index (χ2v) is 4.68. The molecule has 0 saturated carbocycles. The molecule has 0 aliphatic carbocycles. The third-order valence-corrected chi connectivity index (χ3v) is 3.18. The maximum atomic E-state index is 13.2. The Labute approximate surface area is 116 Å². The normalized spacial score (nSPS) is 14.8. The van der Waals surface area contributed by atoms with Crippen molar-refractivity contribution in [3.05, 3.63) is 71.8 Å². The fourth-order valence-corrected chi connectivity index (χ4v) is 2.11. The molecule has 0 aliphatic heterocycles. The van der Waals surface area contributed by atoms with Crippen LogP contribution in [0.2, 0.25) is 0 Å². The Bertz CT molecular complexity index is 522. The van der Waals surface area contributed by atoms with E-state index in [1.165, 1.54) is 12.1 Å². The van der Waals surface area contributed by atoms with Crippen LogP contribution < -0.4 is 5.32 Å². The lowest BCUT2D eigenvalue weighted by Gasteiger charge is -2.26. The Morgan fingerprint density at radius 2 is 1.25 bits per heavy atom. The average Bonchev–Trinajstić information content (AvgIpc) is 2.45. The number of alkyl halides is 3. The molecule has 0 unspecified atom stereocenters. The number of benzene rings is 2. The number of rotatable bonds is 4. The second-order valence-electron chi connectivity index (χ2n) is 4.68. The molecular weight excluding hydrogens is 263 g/mol. The van der Waals surface area contributed by atoms with Crippen LogP contribution >= 0.6 is 0 Å². The van der Waals surface area contributed by atoms with Crippen LogP contribution in [0.4, 0.5) is 13.2 Å². The molecule has 0 bridgehead atoms. The molecule has 0 aliphatic rings. The SMILES string of the molecule is C[C@H](N[C@H](c1ccccc1)C(F)(F)F)c1ccccc1. The van der Waals surface area contributed by atoms with E-state index in [9.17, 15) is 13.2 Å². The topological polar surface area (TPSA) is 12.0 Å². The van der Waals surface area contributed by atoms with Crippen molar-refractivity contribution in [2.45, 2.75) is 25.2 Å². The van der Waals surface area contributed by atoms with Gasteiger partial charge >= 0.3 is 6.18 Å². The summed E-state index contributed by atoms with van der Waals surface area (Å²) >= 11 is 0. The minimum absolute atomic E-state index is 0.225. The summed E-state index contributed by atoms with van der Waals surface area (Å²) in [6.45, 7) is 1.73. The highest BCUT2D eigenvalue weighted by molar-refractivity contribution is 5.23. The molecule has 106 valence electrons. The van der Waals surface area contributed by atoms with Crippen LogP contribution in [0.15, 0.2) is 60.7 Å². The van der Waals surface area contributed by atoms with Crippen molar-refractivity contribution in [2.75, 3.05) is 0 Å². The minimum Gasteiger partial charge on any atom is -0.296 e. The number of hydrogen-bond donors (Lipinski definition) is 1. The van der Waals surface area contributed by atoms with E-state index in [-0.39, 0.29) is 11.6 Å². The molecule has 0 fully saturated rings. The van der Waals surface area contributed by atoms with Crippen molar-refractivity contribution in [1.29, 1.82) is 0 Å². The maximum absolute atomic E-state index is 13.2. The highest BCUT2D eigenvalue weighted by Gasteiger charge is 2.41. The molecule has 0 radical (unpaired) electrons. The van der Waals surface area contributed by atoms with Crippen molar-refractivity contribution in [1.82, 2.24) is 5.32 Å². The number of halogens is 3. The van der Waals surface area contributed by atoms with E-state index < -0.39 is 12.2 Å². The van der Waals surface area contributed by atoms with Crippen LogP contribution in [-0.2, 0) is 0 Å². The first kappa shape index (κ1) is 14.6. The molecule has 0 aromatic heterocycles. The lowest BCUT2D eigenvalue weighted by atomic mass is 10.0. The Morgan fingerprint density at radius 1 is 0.800 bits per heavy atom. The van der Waals surface area contributed by atoms with Gasteiger partial charge < -0.3 is 0 Å². The fraction of sp³-hybridized carbons (Fsp3) is 0.250. The summed E-state index contributed by atoms with van der Waals surface area (Å²) in [5.74, 6) is 0. The molecule has 0 spiro atoms. The van der Waals surface area contributed by atoms with Crippen LogP contribution in [0.5, 0.6) is 0 Å². The van der Waals surface area contributed by atoms with Crippen molar-refractivity contribution in [3.63, 3.8) is 0 Å². The molecule has 1 nitrogen and oxygen atoms in total. The lowest BCUT2D eigenvalue weighted by Crippen LogP contribution is -2.35. The molecule has 2 aromatic carbocycles. The summed E-state index contributed by atoms with van der Waals surface area (Å²) in [4.78, 5) is 0. The smallest absolute Gasteiger partial charge is 0.296 e. The summed E-state index contributed by atoms with van der Waals surface area (Å²) in [5.41, 5.74) is 1.06. The third kappa shape index (κ3) is 3.61. The van der Waals surface area contributed by atoms with E-state index in [2.05, 4.69) is 5.32 Å². The number of hydrogen-bond acceptors (Lipinski definition) is 1. The van der Waals surface area contributed by atoms with Gasteiger partial charge in [0.15, 0.2) is 0 Å². The zero-order valence-electron chi connectivity index (χ0n) is 11.1. The van der Waals surface area contributed by atoms with Gasteiger partial charge in [-0.2, -0.15) is 13.2 Å². The van der Waals surface area contributed by atoms with Crippen molar-refractivity contribution < 1.29 is 13.2 Å². The summed E-state index contributed by atoms with van der Waals surface area (Å²) < 4.78 is 39.7. The Morgan fingerprint density at radius 3 is 1.70 bits per heavy atom. The quantitative estimate of drug-likeness (QED) is 0.859. The molecule has 0 saturated heterocycles. The van der Waals surface area contributed by atoms with Gasteiger partial charge in [-0.1, -0.05) is 60.7 Å². The van der Waals surface area contributed by atoms with Gasteiger partial charge in [0.25, 0.3) is 0 Å². The van der Waals surface area contributed by atoms with E-state index in [0.717, 1.165) is 5.56 Å². The van der Waals surface area contributed by atoms with Gasteiger partial charge in [-0.15, -0.1) is 0 Å². The first-order valence-electron chi connectivity index (χ1n) is 6.41. The van der Waals surface area contributed by atoms with Crippen LogP contribution in [0, 0.1) is 0 Å². The molecule has 2 atom stereocenters. The van der Waals surface area contributed by atoms with E-state index >= 15 is 0 Å². The largest absolute Gasteiger partial charge is 0.407 e. The summed E-state index contributed by atoms with van der Waals surface area (Å²) in [7, 11) is 0. The zero-order chi connectivity index (χ0) is 14.6. The fourth-order valence-electron chi connectivity index (χ4n) is 2.11. The highest BCUT2D eigenvalue weighted by Crippen LogP contribution is 2.34. The predicted octanol–water partition coefficient (Wildman–Crippen LogP) is 4.64. The molecular formula is C16H16F3N. The van der Waals surface area contributed by atoms with E-state index in [1.54, 1.807) is 25.1 Å².